The van der Waals surface area contributed by atoms with E-state index in [1.54, 1.807) is 7.11 Å². The highest BCUT2D eigenvalue weighted by Crippen LogP contribution is 2.39. The third kappa shape index (κ3) is 3.93. The molecule has 0 N–H and O–H groups in total. The normalized spacial score (nSPS) is 19.6. The summed E-state index contributed by atoms with van der Waals surface area (Å²) >= 11 is 0. The van der Waals surface area contributed by atoms with Gasteiger partial charge < -0.3 is 4.74 Å². The van der Waals surface area contributed by atoms with Crippen LogP contribution in [0.15, 0.2) is 36.5 Å². The molecule has 2 heterocycles. The Labute approximate surface area is 149 Å². The van der Waals surface area contributed by atoms with E-state index >= 15 is 0 Å². The van der Waals surface area contributed by atoms with Crippen LogP contribution in [0.3, 0.4) is 0 Å². The van der Waals surface area contributed by atoms with Gasteiger partial charge in [0, 0.05) is 37.3 Å². The van der Waals surface area contributed by atoms with Crippen molar-refractivity contribution < 1.29 is 4.74 Å². The molecular formula is C20H26N4O. The van der Waals surface area contributed by atoms with Gasteiger partial charge in [0.25, 0.3) is 0 Å². The molecule has 0 spiro atoms. The first-order valence-electron chi connectivity index (χ1n) is 9.27. The molecule has 0 radical (unpaired) electrons. The number of aromatic nitrogens is 3. The van der Waals surface area contributed by atoms with Gasteiger partial charge in [0.05, 0.1) is 18.8 Å². The molecule has 5 heteroatoms. The number of ether oxygens (including phenoxy) is 1. The molecule has 4 rings (SSSR count). The van der Waals surface area contributed by atoms with Crippen molar-refractivity contribution in [2.24, 2.45) is 0 Å². The lowest BCUT2D eigenvalue weighted by Gasteiger charge is -2.30. The molecule has 2 aliphatic rings. The molecule has 0 amide bonds. The number of methoxy groups -OCH3 is 1. The highest BCUT2D eigenvalue weighted by atomic mass is 16.5. The Morgan fingerprint density at radius 1 is 1.16 bits per heavy atom. The molecule has 1 aliphatic carbocycles. The predicted molar refractivity (Wildman–Crippen MR) is 98.7 cm³/mol. The van der Waals surface area contributed by atoms with Crippen LogP contribution in [0.25, 0.3) is 6.08 Å². The number of benzene rings is 1. The third-order valence-corrected chi connectivity index (χ3v) is 5.25. The fraction of sp³-hybridized carbons (Fsp3) is 0.500. The van der Waals surface area contributed by atoms with Gasteiger partial charge in [-0.05, 0) is 31.7 Å². The molecule has 132 valence electrons. The van der Waals surface area contributed by atoms with Gasteiger partial charge in [0.2, 0.25) is 0 Å². The highest BCUT2D eigenvalue weighted by molar-refractivity contribution is 5.57. The van der Waals surface area contributed by atoms with Crippen LogP contribution in [-0.4, -0.2) is 46.6 Å². The first-order valence-corrected chi connectivity index (χ1v) is 9.27. The van der Waals surface area contributed by atoms with E-state index in [0.29, 0.717) is 12.0 Å². The zero-order valence-corrected chi connectivity index (χ0v) is 14.8. The Balaban J connectivity index is 1.27. The van der Waals surface area contributed by atoms with E-state index in [1.807, 2.05) is 18.2 Å². The first kappa shape index (κ1) is 16.3. The van der Waals surface area contributed by atoms with Crippen molar-refractivity contribution >= 4 is 6.08 Å². The number of hydrogen-bond donors (Lipinski definition) is 0. The van der Waals surface area contributed by atoms with Crippen LogP contribution >= 0.6 is 0 Å². The van der Waals surface area contributed by atoms with E-state index < -0.39 is 0 Å². The summed E-state index contributed by atoms with van der Waals surface area (Å²) < 4.78 is 7.50. The minimum Gasteiger partial charge on any atom is -0.496 e. The monoisotopic (exact) mass is 338 g/mol. The van der Waals surface area contributed by atoms with E-state index in [4.69, 9.17) is 4.74 Å². The van der Waals surface area contributed by atoms with Crippen molar-refractivity contribution in [3.63, 3.8) is 0 Å². The van der Waals surface area contributed by atoms with Gasteiger partial charge in [-0.15, -0.1) is 5.10 Å². The number of para-hydroxylation sites is 1. The van der Waals surface area contributed by atoms with Crippen LogP contribution < -0.4 is 4.74 Å². The molecular weight excluding hydrogens is 312 g/mol. The largest absolute Gasteiger partial charge is 0.496 e. The van der Waals surface area contributed by atoms with E-state index in [1.165, 1.54) is 18.5 Å². The van der Waals surface area contributed by atoms with Crippen molar-refractivity contribution in [3.05, 3.63) is 47.8 Å². The number of likely N-dealkylation sites (tertiary alicyclic amines) is 1. The quantitative estimate of drug-likeness (QED) is 0.808. The van der Waals surface area contributed by atoms with Crippen molar-refractivity contribution in [3.8, 4) is 5.75 Å². The molecule has 1 aliphatic heterocycles. The fourth-order valence-corrected chi connectivity index (χ4v) is 3.53. The molecule has 2 aromatic rings. The van der Waals surface area contributed by atoms with Gasteiger partial charge in [-0.1, -0.05) is 35.6 Å². The van der Waals surface area contributed by atoms with Crippen LogP contribution in [0, 0.1) is 0 Å². The second-order valence-corrected chi connectivity index (χ2v) is 7.07. The Kier molecular flexibility index (Phi) is 4.83. The molecule has 5 nitrogen and oxygen atoms in total. The van der Waals surface area contributed by atoms with Crippen molar-refractivity contribution in [1.29, 1.82) is 0 Å². The number of nitrogens with zero attached hydrogens (tertiary/aromatic N) is 4. The summed E-state index contributed by atoms with van der Waals surface area (Å²) in [4.78, 5) is 2.50. The summed E-state index contributed by atoms with van der Waals surface area (Å²) in [5.74, 6) is 1.61. The van der Waals surface area contributed by atoms with Crippen LogP contribution in [0.5, 0.6) is 5.75 Å². The van der Waals surface area contributed by atoms with Gasteiger partial charge in [0.15, 0.2) is 0 Å². The third-order valence-electron chi connectivity index (χ3n) is 5.25. The minimum atomic E-state index is 0.509. The zero-order chi connectivity index (χ0) is 17.1. The number of piperidine rings is 1. The summed E-state index contributed by atoms with van der Waals surface area (Å²) in [6.07, 6.45) is 11.4. The number of hydrogen-bond acceptors (Lipinski definition) is 4. The molecule has 25 heavy (non-hydrogen) atoms. The molecule has 1 aromatic heterocycles. The van der Waals surface area contributed by atoms with Gasteiger partial charge >= 0.3 is 0 Å². The summed E-state index contributed by atoms with van der Waals surface area (Å²) in [5, 5.41) is 8.72. The summed E-state index contributed by atoms with van der Waals surface area (Å²) in [7, 11) is 1.72. The second-order valence-electron chi connectivity index (χ2n) is 7.07. The standard InChI is InChI=1S/C20H26N4O/c1-25-20-7-3-2-5-17(20)6-4-12-23-13-10-18(11-14-23)24-15-19(21-22-24)16-8-9-16/h2-7,15-16,18H,8-14H2,1H3. The maximum atomic E-state index is 5.39. The van der Waals surface area contributed by atoms with Crippen LogP contribution in [0.4, 0.5) is 0 Å². The van der Waals surface area contributed by atoms with E-state index in [0.717, 1.165) is 43.8 Å². The molecule has 0 bridgehead atoms. The van der Waals surface area contributed by atoms with Crippen LogP contribution in [-0.2, 0) is 0 Å². The predicted octanol–water partition coefficient (Wildman–Crippen LogP) is 3.51. The van der Waals surface area contributed by atoms with Gasteiger partial charge in [-0.3, -0.25) is 4.90 Å². The van der Waals surface area contributed by atoms with E-state index in [2.05, 4.69) is 44.3 Å². The zero-order valence-electron chi connectivity index (χ0n) is 14.8. The first-order chi connectivity index (χ1) is 12.3. The van der Waals surface area contributed by atoms with Crippen molar-refractivity contribution in [2.45, 2.75) is 37.6 Å². The van der Waals surface area contributed by atoms with Crippen molar-refractivity contribution in [2.75, 3.05) is 26.7 Å². The smallest absolute Gasteiger partial charge is 0.126 e. The molecule has 0 unspecified atom stereocenters. The Morgan fingerprint density at radius 2 is 1.96 bits per heavy atom. The number of rotatable bonds is 6. The Morgan fingerprint density at radius 3 is 2.72 bits per heavy atom. The van der Waals surface area contributed by atoms with Crippen LogP contribution in [0.2, 0.25) is 0 Å². The molecule has 0 atom stereocenters. The lowest BCUT2D eigenvalue weighted by Crippen LogP contribution is -2.34. The fourth-order valence-electron chi connectivity index (χ4n) is 3.53. The Hall–Kier alpha value is -2.14. The maximum Gasteiger partial charge on any atom is 0.126 e. The summed E-state index contributed by atoms with van der Waals surface area (Å²) in [6, 6.07) is 8.64. The lowest BCUT2D eigenvalue weighted by molar-refractivity contribution is 0.194. The lowest BCUT2D eigenvalue weighted by atomic mass is 10.1. The highest BCUT2D eigenvalue weighted by Gasteiger charge is 2.28. The molecule has 1 saturated carbocycles. The summed E-state index contributed by atoms with van der Waals surface area (Å²) in [5.41, 5.74) is 2.33. The Bertz CT molecular complexity index is 727. The topological polar surface area (TPSA) is 43.2 Å². The van der Waals surface area contributed by atoms with Crippen LogP contribution in [0.1, 0.15) is 48.9 Å². The van der Waals surface area contributed by atoms with Gasteiger partial charge in [-0.25, -0.2) is 4.68 Å². The van der Waals surface area contributed by atoms with E-state index in [-0.39, 0.29) is 0 Å². The maximum absolute atomic E-state index is 5.39. The SMILES string of the molecule is COc1ccccc1C=CCN1CCC(n2cc(C3CC3)nn2)CC1. The second kappa shape index (κ2) is 7.40. The van der Waals surface area contributed by atoms with E-state index in [9.17, 15) is 0 Å². The molecule has 2 fully saturated rings. The average Bonchev–Trinajstić information content (AvgIpc) is 3.40. The summed E-state index contributed by atoms with van der Waals surface area (Å²) in [6.45, 7) is 3.20. The molecule has 1 saturated heterocycles. The van der Waals surface area contributed by atoms with Crippen molar-refractivity contribution in [1.82, 2.24) is 19.9 Å². The molecule has 1 aromatic carbocycles. The van der Waals surface area contributed by atoms with Gasteiger partial charge in [0.1, 0.15) is 5.75 Å². The minimum absolute atomic E-state index is 0.509. The average molecular weight is 338 g/mol. The van der Waals surface area contributed by atoms with Gasteiger partial charge in [-0.2, -0.15) is 0 Å².